The summed E-state index contributed by atoms with van der Waals surface area (Å²) >= 11 is 0. The zero-order valence-corrected chi connectivity index (χ0v) is 7.87. The molecule has 5 heteroatoms. The molecule has 0 aromatic carbocycles. The van der Waals surface area contributed by atoms with Crippen molar-refractivity contribution in [2.75, 3.05) is 0 Å². The van der Waals surface area contributed by atoms with E-state index in [1.54, 1.807) is 6.92 Å². The van der Waals surface area contributed by atoms with Crippen molar-refractivity contribution >= 4 is 0 Å². The van der Waals surface area contributed by atoms with Gasteiger partial charge in [0.2, 0.25) is 0 Å². The number of rotatable bonds is 4. The number of hydrogen-bond donors (Lipinski definition) is 1. The maximum atomic E-state index is 12.9. The Balaban J connectivity index is 4.81. The van der Waals surface area contributed by atoms with Crippen molar-refractivity contribution in [2.45, 2.75) is 51.1 Å². The van der Waals surface area contributed by atoms with Crippen LogP contribution in [0.2, 0.25) is 0 Å². The lowest BCUT2D eigenvalue weighted by atomic mass is 9.89. The molecule has 0 heterocycles. The Morgan fingerprint density at radius 2 is 1.46 bits per heavy atom. The van der Waals surface area contributed by atoms with Gasteiger partial charge in [-0.05, 0) is 13.3 Å². The van der Waals surface area contributed by atoms with Crippen molar-refractivity contribution in [3.05, 3.63) is 0 Å². The lowest BCUT2D eigenvalue weighted by molar-refractivity contribution is -0.281. The van der Waals surface area contributed by atoms with Crippen LogP contribution in [0.3, 0.4) is 0 Å². The van der Waals surface area contributed by atoms with Gasteiger partial charge >= 0.3 is 11.8 Å². The van der Waals surface area contributed by atoms with E-state index in [9.17, 15) is 17.6 Å². The molecule has 80 valence electrons. The first-order chi connectivity index (χ1) is 5.56. The molecule has 0 aliphatic carbocycles. The largest absolute Gasteiger partial charge is 0.384 e. The summed E-state index contributed by atoms with van der Waals surface area (Å²) in [5.41, 5.74) is -2.65. The molecule has 0 saturated heterocycles. The molecule has 1 nitrogen and oxygen atoms in total. The van der Waals surface area contributed by atoms with Crippen LogP contribution in [0.4, 0.5) is 17.6 Å². The van der Waals surface area contributed by atoms with Crippen LogP contribution >= 0.6 is 0 Å². The fourth-order valence-electron chi connectivity index (χ4n) is 1.12. The van der Waals surface area contributed by atoms with Crippen LogP contribution in [-0.4, -0.2) is 22.6 Å². The quantitative estimate of drug-likeness (QED) is 0.695. The molecule has 0 rings (SSSR count). The zero-order chi connectivity index (χ0) is 10.9. The van der Waals surface area contributed by atoms with Gasteiger partial charge in [-0.3, -0.25) is 0 Å². The summed E-state index contributed by atoms with van der Waals surface area (Å²) in [6.07, 6.45) is -0.137. The fourth-order valence-corrected chi connectivity index (χ4v) is 1.12. The lowest BCUT2D eigenvalue weighted by Crippen LogP contribution is -2.55. The van der Waals surface area contributed by atoms with Gasteiger partial charge in [-0.25, -0.2) is 8.78 Å². The van der Waals surface area contributed by atoms with Crippen molar-refractivity contribution in [3.63, 3.8) is 0 Å². The molecule has 0 amide bonds. The Hall–Kier alpha value is -0.320. The van der Waals surface area contributed by atoms with Gasteiger partial charge in [0.15, 0.2) is 0 Å². The third-order valence-electron chi connectivity index (χ3n) is 1.96. The van der Waals surface area contributed by atoms with Crippen molar-refractivity contribution < 1.29 is 22.7 Å². The van der Waals surface area contributed by atoms with Gasteiger partial charge in [0, 0.05) is 6.92 Å². The van der Waals surface area contributed by atoms with Gasteiger partial charge in [-0.1, -0.05) is 13.3 Å². The van der Waals surface area contributed by atoms with E-state index in [-0.39, 0.29) is 19.8 Å². The molecule has 0 fully saturated rings. The Kier molecular flexibility index (Phi) is 3.36. The molecule has 0 spiro atoms. The first kappa shape index (κ1) is 12.7. The molecule has 1 N–H and O–H groups in total. The molecule has 1 unspecified atom stereocenters. The lowest BCUT2D eigenvalue weighted by Gasteiger charge is -2.35. The highest BCUT2D eigenvalue weighted by molar-refractivity contribution is 4.96. The smallest absolute Gasteiger partial charge is 0.337 e. The van der Waals surface area contributed by atoms with Crippen LogP contribution in [0.5, 0.6) is 0 Å². The highest BCUT2D eigenvalue weighted by Crippen LogP contribution is 2.43. The van der Waals surface area contributed by atoms with E-state index in [4.69, 9.17) is 5.11 Å². The molecule has 0 aromatic heterocycles. The molecule has 0 aliphatic rings. The molecular weight excluding hydrogens is 188 g/mol. The van der Waals surface area contributed by atoms with E-state index in [1.165, 1.54) is 0 Å². The van der Waals surface area contributed by atoms with Gasteiger partial charge in [0.25, 0.3) is 0 Å². The van der Waals surface area contributed by atoms with E-state index >= 15 is 0 Å². The minimum atomic E-state index is -4.39. The van der Waals surface area contributed by atoms with Crippen LogP contribution in [0.25, 0.3) is 0 Å². The summed E-state index contributed by atoms with van der Waals surface area (Å²) in [4.78, 5) is 0. The van der Waals surface area contributed by atoms with E-state index in [1.807, 2.05) is 0 Å². The number of halogens is 4. The minimum absolute atomic E-state index is 0.108. The van der Waals surface area contributed by atoms with Crippen LogP contribution < -0.4 is 0 Å². The second-order valence-electron chi connectivity index (χ2n) is 3.49. The first-order valence-corrected chi connectivity index (χ1v) is 4.04. The SMILES string of the molecule is CCCC(C)(O)C(F)(F)C(C)(F)F. The van der Waals surface area contributed by atoms with Crippen LogP contribution in [-0.2, 0) is 0 Å². The molecule has 13 heavy (non-hydrogen) atoms. The highest BCUT2D eigenvalue weighted by atomic mass is 19.3. The maximum absolute atomic E-state index is 12.9. The summed E-state index contributed by atoms with van der Waals surface area (Å²) in [5.74, 6) is -8.60. The Bertz CT molecular complexity index is 171. The topological polar surface area (TPSA) is 20.2 Å². The minimum Gasteiger partial charge on any atom is -0.384 e. The second kappa shape index (κ2) is 3.44. The first-order valence-electron chi connectivity index (χ1n) is 4.04. The van der Waals surface area contributed by atoms with E-state index < -0.39 is 17.4 Å². The van der Waals surface area contributed by atoms with Crippen molar-refractivity contribution in [1.29, 1.82) is 0 Å². The van der Waals surface area contributed by atoms with Crippen LogP contribution in [0, 0.1) is 0 Å². The van der Waals surface area contributed by atoms with Gasteiger partial charge in [0.1, 0.15) is 5.60 Å². The zero-order valence-electron chi connectivity index (χ0n) is 7.87. The van der Waals surface area contributed by atoms with Gasteiger partial charge < -0.3 is 5.11 Å². The molecule has 0 aromatic rings. The number of hydrogen-bond acceptors (Lipinski definition) is 1. The average Bonchev–Trinajstić information content (AvgIpc) is 1.84. The molecule has 0 radical (unpaired) electrons. The van der Waals surface area contributed by atoms with Crippen LogP contribution in [0.1, 0.15) is 33.6 Å². The van der Waals surface area contributed by atoms with Crippen LogP contribution in [0.15, 0.2) is 0 Å². The summed E-state index contributed by atoms with van der Waals surface area (Å²) < 4.78 is 50.6. The molecular formula is C8H14F4O. The highest BCUT2D eigenvalue weighted by Gasteiger charge is 2.63. The maximum Gasteiger partial charge on any atom is 0.337 e. The summed E-state index contributed by atoms with van der Waals surface area (Å²) in [6, 6.07) is 0. The fraction of sp³-hybridized carbons (Fsp3) is 1.00. The number of aliphatic hydroxyl groups is 1. The van der Waals surface area contributed by atoms with E-state index in [0.717, 1.165) is 6.92 Å². The molecule has 0 saturated carbocycles. The molecule has 0 aliphatic heterocycles. The third-order valence-corrected chi connectivity index (χ3v) is 1.96. The second-order valence-corrected chi connectivity index (χ2v) is 3.49. The van der Waals surface area contributed by atoms with Crippen molar-refractivity contribution in [2.24, 2.45) is 0 Å². The van der Waals surface area contributed by atoms with Gasteiger partial charge in [0.05, 0.1) is 0 Å². The Morgan fingerprint density at radius 1 is 1.08 bits per heavy atom. The monoisotopic (exact) mass is 202 g/mol. The molecule has 1 atom stereocenters. The Morgan fingerprint density at radius 3 is 1.69 bits per heavy atom. The standard InChI is InChI=1S/C8H14F4O/c1-4-5-6(2,13)8(11,12)7(3,9)10/h13H,4-5H2,1-3H3. The predicted molar refractivity (Wildman–Crippen MR) is 41.1 cm³/mol. The van der Waals surface area contributed by atoms with Gasteiger partial charge in [-0.2, -0.15) is 8.78 Å². The number of alkyl halides is 4. The predicted octanol–water partition coefficient (Wildman–Crippen LogP) is 2.83. The molecule has 0 bridgehead atoms. The average molecular weight is 202 g/mol. The third kappa shape index (κ3) is 2.33. The van der Waals surface area contributed by atoms with Crippen molar-refractivity contribution in [1.82, 2.24) is 0 Å². The summed E-state index contributed by atoms with van der Waals surface area (Å²) in [5, 5.41) is 9.15. The normalized spacial score (nSPS) is 18.5. The summed E-state index contributed by atoms with van der Waals surface area (Å²) in [7, 11) is 0. The van der Waals surface area contributed by atoms with Crippen molar-refractivity contribution in [3.8, 4) is 0 Å². The Labute approximate surface area is 74.8 Å². The summed E-state index contributed by atoms with van der Waals surface area (Å²) in [6.45, 7) is 2.38. The van der Waals surface area contributed by atoms with E-state index in [2.05, 4.69) is 0 Å². The van der Waals surface area contributed by atoms with Gasteiger partial charge in [-0.15, -0.1) is 0 Å². The van der Waals surface area contributed by atoms with E-state index in [0.29, 0.717) is 0 Å².